The summed E-state index contributed by atoms with van der Waals surface area (Å²) in [7, 11) is -3.86. The van der Waals surface area contributed by atoms with Gasteiger partial charge >= 0.3 is 6.18 Å². The zero-order chi connectivity index (χ0) is 31.6. The number of hydrogen-bond acceptors (Lipinski definition) is 8. The van der Waals surface area contributed by atoms with Crippen LogP contribution in [0.2, 0.25) is 4.34 Å². The lowest BCUT2D eigenvalue weighted by Crippen LogP contribution is -2.40. The van der Waals surface area contributed by atoms with Crippen molar-refractivity contribution in [2.24, 2.45) is 0 Å². The zero-order valence-electron chi connectivity index (χ0n) is 24.6. The summed E-state index contributed by atoms with van der Waals surface area (Å²) in [4.78, 5) is 27.4. The van der Waals surface area contributed by atoms with Crippen LogP contribution in [-0.2, 0) is 27.4 Å². The number of hydrogen-bond donors (Lipinski definition) is 0. The van der Waals surface area contributed by atoms with E-state index < -0.39 is 27.8 Å². The van der Waals surface area contributed by atoms with E-state index in [0.717, 1.165) is 56.1 Å². The molecule has 44 heavy (non-hydrogen) atoms. The lowest BCUT2D eigenvalue weighted by Gasteiger charge is -2.26. The Hall–Kier alpha value is -2.58. The minimum Gasteiger partial charge on any atom is -0.339 e. The number of nitrogens with zero attached hydrogens (tertiary/aromatic N) is 5. The number of aromatic nitrogens is 2. The van der Waals surface area contributed by atoms with Crippen molar-refractivity contribution in [3.63, 3.8) is 0 Å². The highest BCUT2D eigenvalue weighted by Crippen LogP contribution is 2.34. The summed E-state index contributed by atoms with van der Waals surface area (Å²) in [5.74, 6) is 0.270. The van der Waals surface area contributed by atoms with Gasteiger partial charge in [-0.15, -0.1) is 11.3 Å². The molecule has 5 rings (SSSR count). The molecule has 2 aliphatic heterocycles. The first-order valence-corrected chi connectivity index (χ1v) is 17.4. The Morgan fingerprint density at radius 3 is 2.43 bits per heavy atom. The average molecular weight is 670 g/mol. The molecule has 8 nitrogen and oxygen atoms in total. The highest BCUT2D eigenvalue weighted by atomic mass is 35.5. The molecule has 0 aliphatic carbocycles. The molecule has 2 aliphatic rings. The number of carbonyl (C=O) groups is 1. The largest absolute Gasteiger partial charge is 0.416 e. The number of benzene rings is 1. The number of anilines is 1. The van der Waals surface area contributed by atoms with Crippen LogP contribution in [0.1, 0.15) is 50.8 Å². The lowest BCUT2D eigenvalue weighted by atomic mass is 10.0. The van der Waals surface area contributed by atoms with Gasteiger partial charge in [0.2, 0.25) is 5.95 Å². The summed E-state index contributed by atoms with van der Waals surface area (Å²) < 4.78 is 67.9. The Bertz CT molecular complexity index is 1580. The van der Waals surface area contributed by atoms with Crippen LogP contribution in [0, 0.1) is 0 Å². The molecule has 14 heteroatoms. The maximum atomic E-state index is 13.4. The Kier molecular flexibility index (Phi) is 10.0. The fourth-order valence-corrected chi connectivity index (χ4v) is 9.30. The first kappa shape index (κ1) is 32.8. The number of ketones is 1. The maximum Gasteiger partial charge on any atom is 0.416 e. The van der Waals surface area contributed by atoms with Gasteiger partial charge in [0.05, 0.1) is 21.6 Å². The first-order chi connectivity index (χ1) is 20.9. The van der Waals surface area contributed by atoms with Crippen molar-refractivity contribution >= 4 is 44.7 Å². The van der Waals surface area contributed by atoms with E-state index in [1.807, 2.05) is 0 Å². The van der Waals surface area contributed by atoms with Crippen molar-refractivity contribution in [3.8, 4) is 11.3 Å². The maximum absolute atomic E-state index is 13.4. The van der Waals surface area contributed by atoms with Crippen molar-refractivity contribution < 1.29 is 26.4 Å². The molecule has 2 fully saturated rings. The molecule has 238 valence electrons. The fraction of sp³-hybridized carbons (Fsp3) is 0.500. The summed E-state index contributed by atoms with van der Waals surface area (Å²) in [6.45, 7) is 7.79. The Balaban J connectivity index is 1.38. The van der Waals surface area contributed by atoms with Crippen molar-refractivity contribution in [2.45, 2.75) is 68.4 Å². The number of carbonyl (C=O) groups excluding carboxylic acids is 1. The predicted octanol–water partition coefficient (Wildman–Crippen LogP) is 6.15. The van der Waals surface area contributed by atoms with E-state index >= 15 is 0 Å². The number of likely N-dealkylation sites (N-methyl/N-ethyl adjacent to an activating group) is 1. The summed E-state index contributed by atoms with van der Waals surface area (Å²) in [6.07, 6.45) is -2.20. The van der Waals surface area contributed by atoms with E-state index in [0.29, 0.717) is 46.1 Å². The molecule has 2 atom stereocenters. The molecule has 0 amide bonds. The third kappa shape index (κ3) is 7.12. The van der Waals surface area contributed by atoms with Crippen LogP contribution in [0.4, 0.5) is 19.1 Å². The topological polar surface area (TPSA) is 86.7 Å². The quantitative estimate of drug-likeness (QED) is 0.242. The predicted molar refractivity (Wildman–Crippen MR) is 166 cm³/mol. The number of sulfonamides is 1. The highest BCUT2D eigenvalue weighted by Gasteiger charge is 2.39. The van der Waals surface area contributed by atoms with Gasteiger partial charge in [-0.3, -0.25) is 9.69 Å². The third-order valence-corrected chi connectivity index (χ3v) is 12.0. The normalized spacial score (nSPS) is 19.8. The van der Waals surface area contributed by atoms with E-state index in [-0.39, 0.29) is 29.4 Å². The SMILES string of the molecule is CCN(CC)C1CCN(c2nc(CCC(=O)[C@@H]3CCCN3S(=O)(=O)c3ccc(Cl)s3)cc(-c3ccc(C(F)(F)F)cc3)n2)C1. The zero-order valence-corrected chi connectivity index (χ0v) is 26.9. The molecule has 3 aromatic rings. The van der Waals surface area contributed by atoms with E-state index in [1.54, 1.807) is 6.07 Å². The summed E-state index contributed by atoms with van der Waals surface area (Å²) in [6, 6.07) is 9.09. The molecule has 4 heterocycles. The van der Waals surface area contributed by atoms with Gasteiger partial charge in [-0.2, -0.15) is 17.5 Å². The molecular weight excluding hydrogens is 635 g/mol. The molecule has 0 bridgehead atoms. The van der Waals surface area contributed by atoms with E-state index in [4.69, 9.17) is 21.6 Å². The van der Waals surface area contributed by atoms with E-state index in [9.17, 15) is 26.4 Å². The second-order valence-corrected chi connectivity index (χ2v) is 14.9. The lowest BCUT2D eigenvalue weighted by molar-refractivity contribution is -0.137. The minimum atomic E-state index is -4.45. The molecule has 0 spiro atoms. The Labute approximate surface area is 264 Å². The number of thiophene rings is 1. The van der Waals surface area contributed by atoms with Gasteiger partial charge in [-0.1, -0.05) is 37.6 Å². The van der Waals surface area contributed by atoms with Gasteiger partial charge in [0, 0.05) is 43.4 Å². The number of halogens is 4. The van der Waals surface area contributed by atoms with Gasteiger partial charge in [0.25, 0.3) is 10.0 Å². The molecule has 0 N–H and O–H groups in total. The number of aryl methyl sites for hydroxylation is 1. The Morgan fingerprint density at radius 1 is 1.07 bits per heavy atom. The summed E-state index contributed by atoms with van der Waals surface area (Å²) in [5.41, 5.74) is 0.805. The summed E-state index contributed by atoms with van der Waals surface area (Å²) in [5, 5.41) is 0. The number of Topliss-reactive ketones (excluding diaryl/α,β-unsaturated/α-hetero) is 1. The van der Waals surface area contributed by atoms with Gasteiger partial charge in [0.15, 0.2) is 5.78 Å². The molecule has 2 aromatic heterocycles. The van der Waals surface area contributed by atoms with Crippen LogP contribution < -0.4 is 4.90 Å². The van der Waals surface area contributed by atoms with Crippen molar-refractivity contribution in [3.05, 3.63) is 58.1 Å². The average Bonchev–Trinajstić information content (AvgIpc) is 3.78. The molecule has 2 saturated heterocycles. The molecular formula is C30H35ClF3N5O3S2. The van der Waals surface area contributed by atoms with Crippen LogP contribution in [-0.4, -0.2) is 78.2 Å². The van der Waals surface area contributed by atoms with Crippen molar-refractivity contribution in [2.75, 3.05) is 37.6 Å². The van der Waals surface area contributed by atoms with Gasteiger partial charge in [0.1, 0.15) is 4.21 Å². The minimum absolute atomic E-state index is 0.0624. The van der Waals surface area contributed by atoms with Gasteiger partial charge in [-0.05, 0) is 69.1 Å². The molecule has 1 aromatic carbocycles. The van der Waals surface area contributed by atoms with Crippen LogP contribution in [0.15, 0.2) is 46.7 Å². The van der Waals surface area contributed by atoms with Crippen molar-refractivity contribution in [1.82, 2.24) is 19.2 Å². The second-order valence-electron chi connectivity index (χ2n) is 11.0. The van der Waals surface area contributed by atoms with Crippen LogP contribution in [0.3, 0.4) is 0 Å². The number of rotatable bonds is 11. The van der Waals surface area contributed by atoms with Crippen molar-refractivity contribution in [1.29, 1.82) is 0 Å². The monoisotopic (exact) mass is 669 g/mol. The fourth-order valence-electron chi connectivity index (χ4n) is 6.01. The second kappa shape index (κ2) is 13.4. The van der Waals surface area contributed by atoms with Gasteiger partial charge < -0.3 is 4.90 Å². The smallest absolute Gasteiger partial charge is 0.339 e. The number of alkyl halides is 3. The van der Waals surface area contributed by atoms with E-state index in [2.05, 4.69) is 23.6 Å². The standard InChI is InChI=1S/C30H35ClF3N5O3S2/c1-3-37(4-2)23-15-17-38(19-23)29-35-22(18-24(36-29)20-7-9-21(10-8-20)30(32,33)34)11-12-26(40)25-6-5-16-39(25)44(41,42)28-14-13-27(31)43-28/h7-10,13-14,18,23,25H,3-6,11-12,15-17,19H2,1-2H3/t23?,25-/m0/s1. The Morgan fingerprint density at radius 2 is 1.80 bits per heavy atom. The van der Waals surface area contributed by atoms with E-state index in [1.165, 1.54) is 28.6 Å². The summed E-state index contributed by atoms with van der Waals surface area (Å²) >= 11 is 6.94. The molecule has 0 saturated carbocycles. The highest BCUT2D eigenvalue weighted by molar-refractivity contribution is 7.91. The van der Waals surface area contributed by atoms with Crippen LogP contribution >= 0.6 is 22.9 Å². The third-order valence-electron chi connectivity index (χ3n) is 8.36. The van der Waals surface area contributed by atoms with Gasteiger partial charge in [-0.25, -0.2) is 18.4 Å². The molecule has 1 unspecified atom stereocenters. The van der Waals surface area contributed by atoms with Crippen LogP contribution in [0.5, 0.6) is 0 Å². The molecule has 0 radical (unpaired) electrons. The first-order valence-electron chi connectivity index (χ1n) is 14.7. The van der Waals surface area contributed by atoms with Crippen LogP contribution in [0.25, 0.3) is 11.3 Å².